The second-order valence-electron chi connectivity index (χ2n) is 7.45. The number of anilines is 1. The maximum atomic E-state index is 12.5. The summed E-state index contributed by atoms with van der Waals surface area (Å²) in [4.78, 5) is 37.2. The fourth-order valence-corrected chi connectivity index (χ4v) is 3.23. The third-order valence-electron chi connectivity index (χ3n) is 5.06. The summed E-state index contributed by atoms with van der Waals surface area (Å²) >= 11 is 0. The number of hydrogen-bond donors (Lipinski definition) is 3. The Morgan fingerprint density at radius 3 is 1.91 bits per heavy atom. The molecule has 0 bridgehead atoms. The van der Waals surface area contributed by atoms with Crippen LogP contribution in [0.1, 0.15) is 36.6 Å². The van der Waals surface area contributed by atoms with Crippen molar-refractivity contribution < 1.29 is 23.9 Å². The molecule has 3 amide bonds. The summed E-state index contributed by atoms with van der Waals surface area (Å²) in [6, 6.07) is 18.9. The number of methoxy groups -OCH3 is 2. The van der Waals surface area contributed by atoms with E-state index in [0.29, 0.717) is 33.9 Å². The summed E-state index contributed by atoms with van der Waals surface area (Å²) in [5.41, 5.74) is 3.00. The predicted octanol–water partition coefficient (Wildman–Crippen LogP) is 3.42. The molecule has 0 aliphatic rings. The standard InChI is InChI=1S/C26H27N3O5/c1-17-7-9-19(10-8-17)25(31)29-20-13-11-18(12-14-20)24(30)27-15-16-28-26(32)21-5-4-6-22(33-2)23(21)34-3/h4-14H,15-16H2,1-3H3,(H,27,30)(H,28,32)(H,29,31). The van der Waals surface area contributed by atoms with Gasteiger partial charge < -0.3 is 25.4 Å². The van der Waals surface area contributed by atoms with Crippen LogP contribution in [0.15, 0.2) is 66.7 Å². The first-order valence-corrected chi connectivity index (χ1v) is 10.7. The fourth-order valence-electron chi connectivity index (χ4n) is 3.23. The maximum Gasteiger partial charge on any atom is 0.255 e. The molecule has 0 fully saturated rings. The maximum absolute atomic E-state index is 12.5. The van der Waals surface area contributed by atoms with E-state index in [1.165, 1.54) is 14.2 Å². The molecule has 0 aromatic heterocycles. The number of amides is 3. The van der Waals surface area contributed by atoms with Gasteiger partial charge >= 0.3 is 0 Å². The largest absolute Gasteiger partial charge is 0.493 e. The van der Waals surface area contributed by atoms with Crippen LogP contribution in [0.4, 0.5) is 5.69 Å². The number of carbonyl (C=O) groups excluding carboxylic acids is 3. The Labute approximate surface area is 198 Å². The number of ether oxygens (including phenoxy) is 2. The van der Waals surface area contributed by atoms with Gasteiger partial charge in [-0.05, 0) is 55.5 Å². The lowest BCUT2D eigenvalue weighted by molar-refractivity contribution is 0.0925. The van der Waals surface area contributed by atoms with Crippen LogP contribution in [0.2, 0.25) is 0 Å². The van der Waals surface area contributed by atoms with Gasteiger partial charge in [-0.2, -0.15) is 0 Å². The average molecular weight is 462 g/mol. The average Bonchev–Trinajstić information content (AvgIpc) is 2.86. The van der Waals surface area contributed by atoms with Crippen molar-refractivity contribution in [2.75, 3.05) is 32.6 Å². The summed E-state index contributed by atoms with van der Waals surface area (Å²) in [7, 11) is 2.97. The predicted molar refractivity (Wildman–Crippen MR) is 130 cm³/mol. The van der Waals surface area contributed by atoms with Crippen LogP contribution >= 0.6 is 0 Å². The quantitative estimate of drug-likeness (QED) is 0.424. The Morgan fingerprint density at radius 2 is 1.29 bits per heavy atom. The van der Waals surface area contributed by atoms with Gasteiger partial charge in [0.2, 0.25) is 0 Å². The summed E-state index contributed by atoms with van der Waals surface area (Å²) < 4.78 is 10.5. The van der Waals surface area contributed by atoms with Gasteiger partial charge in [0.25, 0.3) is 17.7 Å². The van der Waals surface area contributed by atoms with Gasteiger partial charge in [0, 0.05) is 29.9 Å². The van der Waals surface area contributed by atoms with E-state index in [2.05, 4.69) is 16.0 Å². The van der Waals surface area contributed by atoms with Gasteiger partial charge in [0.15, 0.2) is 11.5 Å². The number of nitrogens with one attached hydrogen (secondary N) is 3. The SMILES string of the molecule is COc1cccc(C(=O)NCCNC(=O)c2ccc(NC(=O)c3ccc(C)cc3)cc2)c1OC. The van der Waals surface area contributed by atoms with Crippen molar-refractivity contribution in [1.82, 2.24) is 10.6 Å². The Bertz CT molecular complexity index is 1160. The molecule has 0 aliphatic heterocycles. The van der Waals surface area contributed by atoms with E-state index in [1.54, 1.807) is 54.6 Å². The molecule has 0 aliphatic carbocycles. The highest BCUT2D eigenvalue weighted by molar-refractivity contribution is 6.04. The number of para-hydroxylation sites is 1. The van der Waals surface area contributed by atoms with Crippen LogP contribution < -0.4 is 25.4 Å². The van der Waals surface area contributed by atoms with E-state index in [0.717, 1.165) is 5.56 Å². The van der Waals surface area contributed by atoms with Crippen molar-refractivity contribution in [2.24, 2.45) is 0 Å². The second-order valence-corrected chi connectivity index (χ2v) is 7.45. The molecule has 0 saturated carbocycles. The fraction of sp³-hybridized carbons (Fsp3) is 0.192. The number of rotatable bonds is 9. The molecule has 0 atom stereocenters. The molecule has 34 heavy (non-hydrogen) atoms. The van der Waals surface area contributed by atoms with Crippen molar-refractivity contribution >= 4 is 23.4 Å². The number of carbonyl (C=O) groups is 3. The van der Waals surface area contributed by atoms with Crippen molar-refractivity contribution in [3.8, 4) is 11.5 Å². The number of aryl methyl sites for hydroxylation is 1. The molecule has 3 rings (SSSR count). The Balaban J connectivity index is 1.47. The molecule has 3 aromatic rings. The second kappa shape index (κ2) is 11.5. The zero-order chi connectivity index (χ0) is 24.5. The highest BCUT2D eigenvalue weighted by Crippen LogP contribution is 2.30. The zero-order valence-electron chi connectivity index (χ0n) is 19.3. The van der Waals surface area contributed by atoms with Crippen molar-refractivity contribution in [2.45, 2.75) is 6.92 Å². The molecule has 8 nitrogen and oxygen atoms in total. The first kappa shape index (κ1) is 24.3. The molecule has 0 saturated heterocycles. The van der Waals surface area contributed by atoms with Gasteiger partial charge in [0.05, 0.1) is 19.8 Å². The Morgan fingerprint density at radius 1 is 0.706 bits per heavy atom. The van der Waals surface area contributed by atoms with Crippen LogP contribution in [-0.4, -0.2) is 45.0 Å². The molecule has 0 heterocycles. The minimum Gasteiger partial charge on any atom is -0.493 e. The Kier molecular flexibility index (Phi) is 8.23. The first-order chi connectivity index (χ1) is 16.4. The molecule has 8 heteroatoms. The molecule has 0 radical (unpaired) electrons. The lowest BCUT2D eigenvalue weighted by Crippen LogP contribution is -2.34. The monoisotopic (exact) mass is 461 g/mol. The van der Waals surface area contributed by atoms with E-state index < -0.39 is 0 Å². The van der Waals surface area contributed by atoms with Gasteiger partial charge in [-0.3, -0.25) is 14.4 Å². The summed E-state index contributed by atoms with van der Waals surface area (Å²) in [5, 5.41) is 8.30. The molecule has 176 valence electrons. The Hall–Kier alpha value is -4.33. The first-order valence-electron chi connectivity index (χ1n) is 10.7. The van der Waals surface area contributed by atoms with Crippen LogP contribution in [0, 0.1) is 6.92 Å². The van der Waals surface area contributed by atoms with E-state index in [1.807, 2.05) is 19.1 Å². The molecule has 0 spiro atoms. The normalized spacial score (nSPS) is 10.2. The minimum absolute atomic E-state index is 0.222. The van der Waals surface area contributed by atoms with Crippen LogP contribution in [0.25, 0.3) is 0 Å². The highest BCUT2D eigenvalue weighted by atomic mass is 16.5. The summed E-state index contributed by atoms with van der Waals surface area (Å²) in [6.07, 6.45) is 0. The number of hydrogen-bond acceptors (Lipinski definition) is 5. The summed E-state index contributed by atoms with van der Waals surface area (Å²) in [6.45, 7) is 2.43. The minimum atomic E-state index is -0.335. The zero-order valence-corrected chi connectivity index (χ0v) is 19.3. The number of benzene rings is 3. The van der Waals surface area contributed by atoms with E-state index in [9.17, 15) is 14.4 Å². The molecule has 3 N–H and O–H groups in total. The molecule has 3 aromatic carbocycles. The molecular weight excluding hydrogens is 434 g/mol. The smallest absolute Gasteiger partial charge is 0.255 e. The van der Waals surface area contributed by atoms with Gasteiger partial charge in [-0.25, -0.2) is 0 Å². The molecule has 0 unspecified atom stereocenters. The third kappa shape index (κ3) is 6.13. The molecular formula is C26H27N3O5. The van der Waals surface area contributed by atoms with Gasteiger partial charge in [-0.15, -0.1) is 0 Å². The van der Waals surface area contributed by atoms with Gasteiger partial charge in [0.1, 0.15) is 0 Å². The van der Waals surface area contributed by atoms with Crippen molar-refractivity contribution in [3.05, 3.63) is 89.0 Å². The van der Waals surface area contributed by atoms with Crippen LogP contribution in [-0.2, 0) is 0 Å². The van der Waals surface area contributed by atoms with E-state index in [-0.39, 0.29) is 30.8 Å². The van der Waals surface area contributed by atoms with E-state index >= 15 is 0 Å². The lowest BCUT2D eigenvalue weighted by Gasteiger charge is -2.13. The van der Waals surface area contributed by atoms with Crippen molar-refractivity contribution in [3.63, 3.8) is 0 Å². The van der Waals surface area contributed by atoms with E-state index in [4.69, 9.17) is 9.47 Å². The van der Waals surface area contributed by atoms with Crippen molar-refractivity contribution in [1.29, 1.82) is 0 Å². The third-order valence-corrected chi connectivity index (χ3v) is 5.06. The van der Waals surface area contributed by atoms with Crippen LogP contribution in [0.5, 0.6) is 11.5 Å². The topological polar surface area (TPSA) is 106 Å². The highest BCUT2D eigenvalue weighted by Gasteiger charge is 2.16. The summed E-state index contributed by atoms with van der Waals surface area (Å²) in [5.74, 6) is -0.0352. The van der Waals surface area contributed by atoms with Gasteiger partial charge in [-0.1, -0.05) is 23.8 Å². The van der Waals surface area contributed by atoms with Crippen LogP contribution in [0.3, 0.4) is 0 Å². The lowest BCUT2D eigenvalue weighted by atomic mass is 10.1.